The summed E-state index contributed by atoms with van der Waals surface area (Å²) in [4.78, 5) is 36.9. The van der Waals surface area contributed by atoms with Crippen molar-refractivity contribution < 1.29 is 33.7 Å². The number of carbonyl (C=O) groups excluding carboxylic acids is 3. The summed E-state index contributed by atoms with van der Waals surface area (Å²) in [6.07, 6.45) is 1.57. The third-order valence-corrected chi connectivity index (χ3v) is 5.22. The van der Waals surface area contributed by atoms with Crippen molar-refractivity contribution in [3.05, 3.63) is 58.5 Å². The smallest absolute Gasteiger partial charge is 0.293 e. The summed E-state index contributed by atoms with van der Waals surface area (Å²) < 4.78 is 15.9. The lowest BCUT2D eigenvalue weighted by atomic mass is 10.2. The Labute approximate surface area is 183 Å². The molecule has 0 bridgehead atoms. The van der Waals surface area contributed by atoms with Crippen molar-refractivity contribution in [3.63, 3.8) is 0 Å². The number of hydrogen-bond acceptors (Lipinski definition) is 8. The molecule has 0 atom stereocenters. The Morgan fingerprint density at radius 1 is 1.10 bits per heavy atom. The molecule has 2 aromatic rings. The molecule has 162 valence electrons. The van der Waals surface area contributed by atoms with Crippen LogP contribution in [0.1, 0.15) is 11.1 Å². The van der Waals surface area contributed by atoms with E-state index in [1.807, 2.05) is 31.2 Å². The van der Waals surface area contributed by atoms with Crippen LogP contribution in [0.4, 0.5) is 4.79 Å². The van der Waals surface area contributed by atoms with Crippen LogP contribution in [0, 0.1) is 6.92 Å². The first-order valence-electron chi connectivity index (χ1n) is 9.33. The molecule has 1 fully saturated rings. The van der Waals surface area contributed by atoms with Crippen LogP contribution in [0.2, 0.25) is 0 Å². The molecule has 2 aromatic carbocycles. The molecule has 1 heterocycles. The van der Waals surface area contributed by atoms with Crippen molar-refractivity contribution in [2.24, 2.45) is 0 Å². The molecule has 2 amide bonds. The summed E-state index contributed by atoms with van der Waals surface area (Å²) >= 11 is 0.842. The molecule has 0 saturated carbocycles. The second-order valence-electron chi connectivity index (χ2n) is 6.57. The van der Waals surface area contributed by atoms with E-state index in [1.165, 1.54) is 13.2 Å². The number of amides is 2. The van der Waals surface area contributed by atoms with E-state index in [1.54, 1.807) is 18.2 Å². The maximum Gasteiger partial charge on any atom is 0.293 e. The van der Waals surface area contributed by atoms with Crippen LogP contribution >= 0.6 is 11.8 Å². The molecule has 8 nitrogen and oxygen atoms in total. The predicted molar refractivity (Wildman–Crippen MR) is 113 cm³/mol. The highest BCUT2D eigenvalue weighted by Crippen LogP contribution is 2.34. The number of aryl methyl sites for hydroxylation is 1. The van der Waals surface area contributed by atoms with Crippen molar-refractivity contribution in [2.45, 2.75) is 6.92 Å². The maximum absolute atomic E-state index is 12.6. The van der Waals surface area contributed by atoms with E-state index >= 15 is 0 Å². The molecule has 1 saturated heterocycles. The minimum atomic E-state index is -1.36. The molecule has 0 aliphatic carbocycles. The topological polar surface area (TPSA) is 105 Å². The zero-order valence-corrected chi connectivity index (χ0v) is 17.8. The van der Waals surface area contributed by atoms with Gasteiger partial charge in [-0.2, -0.15) is 0 Å². The van der Waals surface area contributed by atoms with E-state index in [-0.39, 0.29) is 29.0 Å². The SMILES string of the molecule is COc1cc(/C=C2\SC(=O)N(CCOc3ccc(C)cc3)C2=O)ccc1OCC(=O)[O-]. The fourth-order valence-corrected chi connectivity index (χ4v) is 3.63. The lowest BCUT2D eigenvalue weighted by Crippen LogP contribution is -2.32. The highest BCUT2D eigenvalue weighted by Gasteiger charge is 2.34. The number of aliphatic carboxylic acids is 1. The molecule has 0 radical (unpaired) electrons. The summed E-state index contributed by atoms with van der Waals surface area (Å²) in [5.41, 5.74) is 1.71. The Kier molecular flexibility index (Phi) is 7.19. The van der Waals surface area contributed by atoms with Crippen LogP contribution in [-0.2, 0) is 9.59 Å². The van der Waals surface area contributed by atoms with Gasteiger partial charge < -0.3 is 24.1 Å². The molecule has 0 unspecified atom stereocenters. The summed E-state index contributed by atoms with van der Waals surface area (Å²) in [7, 11) is 1.41. The van der Waals surface area contributed by atoms with Gasteiger partial charge in [-0.1, -0.05) is 23.8 Å². The number of carboxylic acids is 1. The van der Waals surface area contributed by atoms with Crippen LogP contribution in [0.15, 0.2) is 47.4 Å². The Morgan fingerprint density at radius 2 is 1.84 bits per heavy atom. The van der Waals surface area contributed by atoms with E-state index in [4.69, 9.17) is 14.2 Å². The van der Waals surface area contributed by atoms with Gasteiger partial charge in [0, 0.05) is 0 Å². The summed E-state index contributed by atoms with van der Waals surface area (Å²) in [6.45, 7) is 1.68. The van der Waals surface area contributed by atoms with E-state index in [0.29, 0.717) is 17.1 Å². The quantitative estimate of drug-likeness (QED) is 0.545. The fraction of sp³-hybridized carbons (Fsp3) is 0.227. The Morgan fingerprint density at radius 3 is 2.52 bits per heavy atom. The molecule has 1 aliphatic rings. The number of carboxylic acid groups (broad SMARTS) is 1. The lowest BCUT2D eigenvalue weighted by Gasteiger charge is -2.13. The Bertz CT molecular complexity index is 1020. The van der Waals surface area contributed by atoms with Crippen molar-refractivity contribution in [2.75, 3.05) is 26.9 Å². The van der Waals surface area contributed by atoms with E-state index in [2.05, 4.69) is 0 Å². The standard InChI is InChI=1S/C22H21NO7S/c1-14-3-6-16(7-4-14)29-10-9-23-21(26)19(31-22(23)27)12-15-5-8-17(18(11-15)28-2)30-13-20(24)25/h3-8,11-12H,9-10,13H2,1-2H3,(H,24,25)/p-1/b19-12-. The van der Waals surface area contributed by atoms with Gasteiger partial charge in [0.05, 0.1) is 24.5 Å². The summed E-state index contributed by atoms with van der Waals surface area (Å²) in [6, 6.07) is 12.2. The van der Waals surface area contributed by atoms with Crippen LogP contribution in [-0.4, -0.2) is 48.9 Å². The molecule has 0 aromatic heterocycles. The highest BCUT2D eigenvalue weighted by atomic mass is 32.2. The van der Waals surface area contributed by atoms with Crippen LogP contribution in [0.3, 0.4) is 0 Å². The predicted octanol–water partition coefficient (Wildman–Crippen LogP) is 2.25. The van der Waals surface area contributed by atoms with Crippen molar-refractivity contribution in [1.29, 1.82) is 0 Å². The number of benzene rings is 2. The van der Waals surface area contributed by atoms with Gasteiger partial charge >= 0.3 is 0 Å². The second-order valence-corrected chi connectivity index (χ2v) is 7.56. The minimum Gasteiger partial charge on any atom is -0.546 e. The van der Waals surface area contributed by atoms with Gasteiger partial charge in [0.2, 0.25) is 0 Å². The summed E-state index contributed by atoms with van der Waals surface area (Å²) in [5, 5.41) is 10.2. The molecular weight excluding hydrogens is 422 g/mol. The molecule has 31 heavy (non-hydrogen) atoms. The van der Waals surface area contributed by atoms with Gasteiger partial charge in [-0.25, -0.2) is 0 Å². The fourth-order valence-electron chi connectivity index (χ4n) is 2.76. The number of methoxy groups -OCH3 is 1. The molecule has 0 spiro atoms. The number of hydrogen-bond donors (Lipinski definition) is 0. The average molecular weight is 442 g/mol. The zero-order chi connectivity index (χ0) is 22.4. The highest BCUT2D eigenvalue weighted by molar-refractivity contribution is 8.18. The first kappa shape index (κ1) is 22.2. The molecule has 0 N–H and O–H groups in total. The van der Waals surface area contributed by atoms with Crippen molar-refractivity contribution in [1.82, 2.24) is 4.90 Å². The number of ether oxygens (including phenoxy) is 3. The Balaban J connectivity index is 1.65. The third-order valence-electron chi connectivity index (χ3n) is 4.31. The van der Waals surface area contributed by atoms with Crippen molar-refractivity contribution in [3.8, 4) is 17.2 Å². The number of thioether (sulfide) groups is 1. The largest absolute Gasteiger partial charge is 0.546 e. The van der Waals surface area contributed by atoms with E-state index < -0.39 is 18.5 Å². The minimum absolute atomic E-state index is 0.134. The molecular formula is C22H20NO7S-. The Hall–Kier alpha value is -3.46. The summed E-state index contributed by atoms with van der Waals surface area (Å²) in [5.74, 6) is -0.572. The third kappa shape index (κ3) is 5.79. The average Bonchev–Trinajstić information content (AvgIpc) is 3.01. The van der Waals surface area contributed by atoms with Crippen LogP contribution in [0.5, 0.6) is 17.2 Å². The van der Waals surface area contributed by atoms with E-state index in [0.717, 1.165) is 22.2 Å². The van der Waals surface area contributed by atoms with Gasteiger partial charge in [-0.15, -0.1) is 0 Å². The molecule has 1 aliphatic heterocycles. The monoisotopic (exact) mass is 442 g/mol. The van der Waals surface area contributed by atoms with Gasteiger partial charge in [-0.05, 0) is 54.6 Å². The van der Waals surface area contributed by atoms with Gasteiger partial charge in [-0.3, -0.25) is 14.5 Å². The van der Waals surface area contributed by atoms with Gasteiger partial charge in [0.1, 0.15) is 19.0 Å². The van der Waals surface area contributed by atoms with Crippen LogP contribution < -0.4 is 19.3 Å². The number of nitrogens with zero attached hydrogens (tertiary/aromatic N) is 1. The normalized spacial score (nSPS) is 14.8. The van der Waals surface area contributed by atoms with Gasteiger partial charge in [0.15, 0.2) is 11.5 Å². The molecule has 9 heteroatoms. The lowest BCUT2D eigenvalue weighted by molar-refractivity contribution is -0.307. The first-order chi connectivity index (χ1) is 14.9. The number of carbonyl (C=O) groups is 3. The first-order valence-corrected chi connectivity index (χ1v) is 10.1. The van der Waals surface area contributed by atoms with Crippen LogP contribution in [0.25, 0.3) is 6.08 Å². The number of rotatable bonds is 9. The maximum atomic E-state index is 12.6. The van der Waals surface area contributed by atoms with Crippen molar-refractivity contribution >= 4 is 35.0 Å². The molecule has 3 rings (SSSR count). The second kappa shape index (κ2) is 10.0. The zero-order valence-electron chi connectivity index (χ0n) is 17.0. The van der Waals surface area contributed by atoms with E-state index in [9.17, 15) is 19.5 Å². The number of imide groups is 1. The van der Waals surface area contributed by atoms with Gasteiger partial charge in [0.25, 0.3) is 11.1 Å².